The van der Waals surface area contributed by atoms with E-state index in [1.165, 1.54) is 15.3 Å². The SMILES string of the molecule is C=C/C(=C\C(=C/C)c1cnc2[nH]nc(-c3nc(/C(=C\C)c4ccc(C)s4)c(CC)[nH]3)c2c1)CNCc1ccccc1. The second-order valence-electron chi connectivity index (χ2n) is 9.83. The Balaban J connectivity index is 1.44. The van der Waals surface area contributed by atoms with E-state index in [9.17, 15) is 0 Å². The Morgan fingerprint density at radius 1 is 1.10 bits per heavy atom. The summed E-state index contributed by atoms with van der Waals surface area (Å²) in [5.41, 5.74) is 9.14. The van der Waals surface area contributed by atoms with Crippen LogP contribution in [0.25, 0.3) is 33.7 Å². The lowest BCUT2D eigenvalue weighted by Gasteiger charge is -2.08. The zero-order valence-electron chi connectivity index (χ0n) is 24.1. The number of thiophene rings is 1. The van der Waals surface area contributed by atoms with Crippen molar-refractivity contribution in [3.05, 3.63) is 123 Å². The van der Waals surface area contributed by atoms with E-state index in [1.54, 1.807) is 11.3 Å². The highest BCUT2D eigenvalue weighted by atomic mass is 32.1. The number of H-pyrrole nitrogens is 2. The van der Waals surface area contributed by atoms with Crippen molar-refractivity contribution in [2.75, 3.05) is 6.54 Å². The maximum Gasteiger partial charge on any atom is 0.159 e. The highest BCUT2D eigenvalue weighted by Gasteiger charge is 2.20. The van der Waals surface area contributed by atoms with Gasteiger partial charge in [-0.3, -0.25) is 5.10 Å². The topological polar surface area (TPSA) is 82.3 Å². The van der Waals surface area contributed by atoms with Crippen LogP contribution in [0.15, 0.2) is 91.2 Å². The highest BCUT2D eigenvalue weighted by molar-refractivity contribution is 7.13. The maximum absolute atomic E-state index is 5.07. The average molecular weight is 561 g/mol. The van der Waals surface area contributed by atoms with Gasteiger partial charge in [-0.1, -0.05) is 68.1 Å². The zero-order chi connectivity index (χ0) is 28.8. The molecule has 0 bridgehead atoms. The third-order valence-corrected chi connectivity index (χ3v) is 8.11. The van der Waals surface area contributed by atoms with Crippen LogP contribution in [0.3, 0.4) is 0 Å². The van der Waals surface area contributed by atoms with E-state index < -0.39 is 0 Å². The smallest absolute Gasteiger partial charge is 0.159 e. The van der Waals surface area contributed by atoms with Crippen molar-refractivity contribution in [3.63, 3.8) is 0 Å². The van der Waals surface area contributed by atoms with Gasteiger partial charge in [0.15, 0.2) is 11.5 Å². The summed E-state index contributed by atoms with van der Waals surface area (Å²) in [6.07, 6.45) is 11.0. The van der Waals surface area contributed by atoms with E-state index in [0.29, 0.717) is 6.54 Å². The van der Waals surface area contributed by atoms with Gasteiger partial charge in [-0.2, -0.15) is 5.10 Å². The molecule has 0 aliphatic rings. The van der Waals surface area contributed by atoms with Gasteiger partial charge in [0, 0.05) is 45.9 Å². The lowest BCUT2D eigenvalue weighted by Crippen LogP contribution is -2.15. The summed E-state index contributed by atoms with van der Waals surface area (Å²) in [6, 6.07) is 16.9. The van der Waals surface area contributed by atoms with Crippen molar-refractivity contribution in [2.24, 2.45) is 0 Å². The number of aromatic amines is 2. The monoisotopic (exact) mass is 560 g/mol. The van der Waals surface area contributed by atoms with Crippen LogP contribution < -0.4 is 5.32 Å². The number of nitrogens with one attached hydrogen (secondary N) is 3. The maximum atomic E-state index is 5.07. The van der Waals surface area contributed by atoms with Gasteiger partial charge in [0.2, 0.25) is 0 Å². The predicted molar refractivity (Wildman–Crippen MR) is 173 cm³/mol. The Kier molecular flexibility index (Phi) is 8.87. The van der Waals surface area contributed by atoms with Gasteiger partial charge in [-0.25, -0.2) is 9.97 Å². The van der Waals surface area contributed by atoms with Crippen LogP contribution in [-0.2, 0) is 13.0 Å². The van der Waals surface area contributed by atoms with Gasteiger partial charge in [-0.05, 0) is 62.1 Å². The summed E-state index contributed by atoms with van der Waals surface area (Å²) in [5.74, 6) is 0.740. The first kappa shape index (κ1) is 28.2. The molecule has 0 unspecified atom stereocenters. The van der Waals surface area contributed by atoms with Gasteiger partial charge in [0.1, 0.15) is 5.69 Å². The van der Waals surface area contributed by atoms with Crippen molar-refractivity contribution in [1.29, 1.82) is 0 Å². The minimum atomic E-state index is 0.717. The van der Waals surface area contributed by atoms with Crippen LogP contribution in [0.4, 0.5) is 0 Å². The van der Waals surface area contributed by atoms with Crippen LogP contribution in [0, 0.1) is 6.92 Å². The standard InChI is InChI=1S/C34H36N6S/c1-6-23(19-35-20-24-13-11-10-12-14-24)17-25(7-2)26-18-28-32(39-40-33(28)36-21-26)34-37-29(9-4)31(38-34)27(8-3)30-16-15-22(5)41-30/h6-8,10-18,21,35H,1,9,19-20H2,2-5H3,(H,37,38)(H,36,39,40)/b23-17+,25-7+,27-8-. The summed E-state index contributed by atoms with van der Waals surface area (Å²) in [6.45, 7) is 13.9. The summed E-state index contributed by atoms with van der Waals surface area (Å²) in [5, 5.41) is 12.2. The molecule has 4 heterocycles. The number of aryl methyl sites for hydroxylation is 2. The van der Waals surface area contributed by atoms with E-state index in [2.05, 4.69) is 109 Å². The Hall–Kier alpha value is -4.33. The third kappa shape index (κ3) is 6.21. The number of allylic oxidation sites excluding steroid dienone is 4. The Labute approximate surface area is 245 Å². The molecule has 0 radical (unpaired) electrons. The molecule has 4 aromatic heterocycles. The minimum absolute atomic E-state index is 0.717. The predicted octanol–water partition coefficient (Wildman–Crippen LogP) is 8.04. The molecule has 0 saturated heterocycles. The van der Waals surface area contributed by atoms with Gasteiger partial charge < -0.3 is 10.3 Å². The molecule has 0 aliphatic carbocycles. The number of benzene rings is 1. The molecular weight excluding hydrogens is 524 g/mol. The first-order valence-corrected chi connectivity index (χ1v) is 14.8. The highest BCUT2D eigenvalue weighted by Crippen LogP contribution is 2.33. The third-order valence-electron chi connectivity index (χ3n) is 7.07. The number of rotatable bonds is 11. The van der Waals surface area contributed by atoms with Crippen molar-refractivity contribution in [1.82, 2.24) is 30.5 Å². The second-order valence-corrected chi connectivity index (χ2v) is 11.1. The van der Waals surface area contributed by atoms with Gasteiger partial charge in [0.25, 0.3) is 0 Å². The van der Waals surface area contributed by atoms with Crippen LogP contribution >= 0.6 is 11.3 Å². The lowest BCUT2D eigenvalue weighted by atomic mass is 10.0. The molecular formula is C34H36N6S. The fourth-order valence-electron chi connectivity index (χ4n) is 4.88. The van der Waals surface area contributed by atoms with Crippen LogP contribution in [0.2, 0.25) is 0 Å². The Bertz CT molecular complexity index is 1750. The number of pyridine rings is 1. The molecule has 5 aromatic rings. The largest absolute Gasteiger partial charge is 0.340 e. The zero-order valence-corrected chi connectivity index (χ0v) is 24.9. The number of nitrogens with zero attached hydrogens (tertiary/aromatic N) is 3. The fraction of sp³-hybridized carbons (Fsp3) is 0.206. The quantitative estimate of drug-likeness (QED) is 0.143. The number of hydrogen-bond acceptors (Lipinski definition) is 5. The molecule has 3 N–H and O–H groups in total. The number of fused-ring (bicyclic) bond motifs is 1. The molecule has 0 aliphatic heterocycles. The van der Waals surface area contributed by atoms with Crippen molar-refractivity contribution < 1.29 is 0 Å². The lowest BCUT2D eigenvalue weighted by molar-refractivity contribution is 0.747. The van der Waals surface area contributed by atoms with E-state index in [4.69, 9.17) is 9.97 Å². The number of hydrogen-bond donors (Lipinski definition) is 3. The van der Waals surface area contributed by atoms with Crippen LogP contribution in [0.1, 0.15) is 53.0 Å². The van der Waals surface area contributed by atoms with Crippen molar-refractivity contribution in [2.45, 2.75) is 40.7 Å². The first-order valence-electron chi connectivity index (χ1n) is 14.0. The van der Waals surface area contributed by atoms with E-state index >= 15 is 0 Å². The van der Waals surface area contributed by atoms with Crippen LogP contribution in [0.5, 0.6) is 0 Å². The van der Waals surface area contributed by atoms with E-state index in [-0.39, 0.29) is 0 Å². The van der Waals surface area contributed by atoms with Crippen molar-refractivity contribution in [3.8, 4) is 11.5 Å². The summed E-state index contributed by atoms with van der Waals surface area (Å²) < 4.78 is 0. The first-order chi connectivity index (χ1) is 20.0. The van der Waals surface area contributed by atoms with E-state index in [1.807, 2.05) is 25.3 Å². The molecule has 1 aromatic carbocycles. The van der Waals surface area contributed by atoms with Crippen molar-refractivity contribution >= 4 is 33.5 Å². The Morgan fingerprint density at radius 2 is 1.93 bits per heavy atom. The number of imidazole rings is 1. The molecule has 6 nitrogen and oxygen atoms in total. The molecule has 41 heavy (non-hydrogen) atoms. The van der Waals surface area contributed by atoms with Crippen LogP contribution in [-0.4, -0.2) is 31.7 Å². The Morgan fingerprint density at radius 3 is 2.61 bits per heavy atom. The molecule has 0 saturated carbocycles. The molecule has 7 heteroatoms. The van der Waals surface area contributed by atoms with E-state index in [0.717, 1.165) is 69.2 Å². The molecule has 0 amide bonds. The minimum Gasteiger partial charge on any atom is -0.340 e. The van der Waals surface area contributed by atoms with Gasteiger partial charge >= 0.3 is 0 Å². The van der Waals surface area contributed by atoms with Gasteiger partial charge in [-0.15, -0.1) is 11.3 Å². The second kappa shape index (κ2) is 12.9. The summed E-state index contributed by atoms with van der Waals surface area (Å²) in [7, 11) is 0. The summed E-state index contributed by atoms with van der Waals surface area (Å²) >= 11 is 1.78. The average Bonchev–Trinajstić information content (AvgIpc) is 3.74. The summed E-state index contributed by atoms with van der Waals surface area (Å²) in [4.78, 5) is 15.8. The molecule has 0 atom stereocenters. The normalized spacial score (nSPS) is 12.8. The van der Waals surface area contributed by atoms with Gasteiger partial charge in [0.05, 0.1) is 11.1 Å². The molecule has 0 fully saturated rings. The fourth-order valence-corrected chi connectivity index (χ4v) is 5.82. The molecule has 5 rings (SSSR count). The molecule has 208 valence electrons. The number of aromatic nitrogens is 5. The molecule has 0 spiro atoms.